The molecule has 1 aliphatic rings. The van der Waals surface area contributed by atoms with Gasteiger partial charge < -0.3 is 10.1 Å². The number of benzene rings is 1. The van der Waals surface area contributed by atoms with Gasteiger partial charge in [-0.05, 0) is 30.5 Å². The SMILES string of the molecule is C=Cc1cccc(C(=O)N[C@@H]2CCOC2)c1C. The highest BCUT2D eigenvalue weighted by Crippen LogP contribution is 2.15. The first-order chi connectivity index (χ1) is 8.22. The Morgan fingerprint density at radius 3 is 3.06 bits per heavy atom. The molecule has 1 N–H and O–H groups in total. The van der Waals surface area contributed by atoms with Crippen molar-refractivity contribution >= 4 is 12.0 Å². The van der Waals surface area contributed by atoms with Gasteiger partial charge in [-0.15, -0.1) is 0 Å². The van der Waals surface area contributed by atoms with E-state index in [2.05, 4.69) is 11.9 Å². The van der Waals surface area contributed by atoms with Crippen LogP contribution in [0.4, 0.5) is 0 Å². The third-order valence-corrected chi connectivity index (χ3v) is 3.11. The van der Waals surface area contributed by atoms with Crippen molar-refractivity contribution in [2.45, 2.75) is 19.4 Å². The molecule has 1 aliphatic heterocycles. The molecule has 90 valence electrons. The van der Waals surface area contributed by atoms with E-state index in [0.29, 0.717) is 12.2 Å². The molecule has 3 heteroatoms. The van der Waals surface area contributed by atoms with Crippen LogP contribution in [0.5, 0.6) is 0 Å². The van der Waals surface area contributed by atoms with Crippen molar-refractivity contribution in [1.29, 1.82) is 0 Å². The molecular formula is C14H17NO2. The number of rotatable bonds is 3. The standard InChI is InChI=1S/C14H17NO2/c1-3-11-5-4-6-13(10(11)2)14(16)15-12-7-8-17-9-12/h3-6,12H,1,7-9H2,2H3,(H,15,16)/t12-/m1/s1. The predicted molar refractivity (Wildman–Crippen MR) is 68.0 cm³/mol. The average molecular weight is 231 g/mol. The van der Waals surface area contributed by atoms with Crippen LogP contribution in [0, 0.1) is 6.92 Å². The molecule has 1 aromatic rings. The lowest BCUT2D eigenvalue weighted by Crippen LogP contribution is -2.35. The summed E-state index contributed by atoms with van der Waals surface area (Å²) < 4.78 is 5.24. The number of hydrogen-bond donors (Lipinski definition) is 1. The third-order valence-electron chi connectivity index (χ3n) is 3.11. The van der Waals surface area contributed by atoms with Crippen molar-refractivity contribution < 1.29 is 9.53 Å². The second-order valence-corrected chi connectivity index (χ2v) is 4.26. The van der Waals surface area contributed by atoms with E-state index in [4.69, 9.17) is 4.74 Å². The third kappa shape index (κ3) is 2.56. The second-order valence-electron chi connectivity index (χ2n) is 4.26. The van der Waals surface area contributed by atoms with Crippen molar-refractivity contribution in [2.75, 3.05) is 13.2 Å². The Kier molecular flexibility index (Phi) is 3.59. The summed E-state index contributed by atoms with van der Waals surface area (Å²) in [5.41, 5.74) is 2.69. The molecule has 1 saturated heterocycles. The van der Waals surface area contributed by atoms with Gasteiger partial charge in [0, 0.05) is 12.2 Å². The highest BCUT2D eigenvalue weighted by Gasteiger charge is 2.19. The minimum absolute atomic E-state index is 0.0262. The zero-order valence-corrected chi connectivity index (χ0v) is 10.0. The zero-order chi connectivity index (χ0) is 12.3. The van der Waals surface area contributed by atoms with E-state index in [9.17, 15) is 4.79 Å². The second kappa shape index (κ2) is 5.15. The van der Waals surface area contributed by atoms with Gasteiger partial charge in [-0.25, -0.2) is 0 Å². The van der Waals surface area contributed by atoms with Crippen LogP contribution in [0.2, 0.25) is 0 Å². The lowest BCUT2D eigenvalue weighted by atomic mass is 10.0. The first-order valence-electron chi connectivity index (χ1n) is 5.83. The van der Waals surface area contributed by atoms with E-state index in [1.165, 1.54) is 0 Å². The summed E-state index contributed by atoms with van der Waals surface area (Å²) in [6.07, 6.45) is 2.66. The molecule has 0 aliphatic carbocycles. The van der Waals surface area contributed by atoms with Crippen LogP contribution in [0.1, 0.15) is 27.9 Å². The highest BCUT2D eigenvalue weighted by atomic mass is 16.5. The molecular weight excluding hydrogens is 214 g/mol. The maximum absolute atomic E-state index is 12.1. The number of carbonyl (C=O) groups excluding carboxylic acids is 1. The van der Waals surface area contributed by atoms with Crippen molar-refractivity contribution in [3.8, 4) is 0 Å². The van der Waals surface area contributed by atoms with Gasteiger partial charge in [0.05, 0.1) is 12.6 Å². The Balaban J connectivity index is 2.15. The monoisotopic (exact) mass is 231 g/mol. The molecule has 1 fully saturated rings. The Morgan fingerprint density at radius 1 is 1.59 bits per heavy atom. The smallest absolute Gasteiger partial charge is 0.251 e. The molecule has 0 radical (unpaired) electrons. The van der Waals surface area contributed by atoms with Gasteiger partial charge in [-0.3, -0.25) is 4.79 Å². The van der Waals surface area contributed by atoms with Crippen LogP contribution < -0.4 is 5.32 Å². The summed E-state index contributed by atoms with van der Waals surface area (Å²) >= 11 is 0. The molecule has 0 saturated carbocycles. The first kappa shape index (κ1) is 11.9. The number of carbonyl (C=O) groups is 1. The lowest BCUT2D eigenvalue weighted by Gasteiger charge is -2.13. The summed E-state index contributed by atoms with van der Waals surface area (Å²) in [7, 11) is 0. The van der Waals surface area contributed by atoms with Crippen molar-refractivity contribution in [2.24, 2.45) is 0 Å². The summed E-state index contributed by atoms with van der Waals surface area (Å²) in [6, 6.07) is 5.82. The Labute approximate surface area is 101 Å². The van der Waals surface area contributed by atoms with Crippen LogP contribution in [-0.4, -0.2) is 25.2 Å². The zero-order valence-electron chi connectivity index (χ0n) is 10.0. The average Bonchev–Trinajstić information content (AvgIpc) is 2.82. The predicted octanol–water partition coefficient (Wildman–Crippen LogP) is 2.16. The molecule has 17 heavy (non-hydrogen) atoms. The molecule has 1 amide bonds. The Bertz CT molecular complexity index is 434. The molecule has 1 heterocycles. The molecule has 0 spiro atoms. The fourth-order valence-corrected chi connectivity index (χ4v) is 2.03. The summed E-state index contributed by atoms with van der Waals surface area (Å²) in [5.74, 6) is -0.0262. The molecule has 1 aromatic carbocycles. The van der Waals surface area contributed by atoms with E-state index < -0.39 is 0 Å². The normalized spacial score (nSPS) is 19.0. The Morgan fingerprint density at radius 2 is 2.41 bits per heavy atom. The van der Waals surface area contributed by atoms with Gasteiger partial charge in [-0.1, -0.05) is 24.8 Å². The number of hydrogen-bond acceptors (Lipinski definition) is 2. The largest absolute Gasteiger partial charge is 0.379 e. The molecule has 0 aromatic heterocycles. The molecule has 0 bridgehead atoms. The fourth-order valence-electron chi connectivity index (χ4n) is 2.03. The van der Waals surface area contributed by atoms with E-state index >= 15 is 0 Å². The van der Waals surface area contributed by atoms with Crippen LogP contribution >= 0.6 is 0 Å². The van der Waals surface area contributed by atoms with Crippen molar-refractivity contribution in [3.05, 3.63) is 41.5 Å². The van der Waals surface area contributed by atoms with E-state index in [1.807, 2.05) is 25.1 Å². The van der Waals surface area contributed by atoms with Gasteiger partial charge in [0.15, 0.2) is 0 Å². The number of ether oxygens (including phenoxy) is 1. The summed E-state index contributed by atoms with van der Waals surface area (Å²) in [4.78, 5) is 12.1. The number of amides is 1. The Hall–Kier alpha value is -1.61. The maximum atomic E-state index is 12.1. The topological polar surface area (TPSA) is 38.3 Å². The minimum Gasteiger partial charge on any atom is -0.379 e. The molecule has 3 nitrogen and oxygen atoms in total. The van der Waals surface area contributed by atoms with E-state index in [-0.39, 0.29) is 11.9 Å². The van der Waals surface area contributed by atoms with Gasteiger partial charge in [0.2, 0.25) is 0 Å². The van der Waals surface area contributed by atoms with E-state index in [0.717, 1.165) is 24.2 Å². The summed E-state index contributed by atoms with van der Waals surface area (Å²) in [6.45, 7) is 7.04. The quantitative estimate of drug-likeness (QED) is 0.865. The molecule has 0 unspecified atom stereocenters. The fraction of sp³-hybridized carbons (Fsp3) is 0.357. The lowest BCUT2D eigenvalue weighted by molar-refractivity contribution is 0.0929. The van der Waals surface area contributed by atoms with Gasteiger partial charge >= 0.3 is 0 Å². The first-order valence-corrected chi connectivity index (χ1v) is 5.83. The highest BCUT2D eigenvalue weighted by molar-refractivity contribution is 5.96. The van der Waals surface area contributed by atoms with Gasteiger partial charge in [-0.2, -0.15) is 0 Å². The number of nitrogens with one attached hydrogen (secondary N) is 1. The van der Waals surface area contributed by atoms with Gasteiger partial charge in [0.1, 0.15) is 0 Å². The minimum atomic E-state index is -0.0262. The molecule has 2 rings (SSSR count). The van der Waals surface area contributed by atoms with Crippen molar-refractivity contribution in [3.63, 3.8) is 0 Å². The maximum Gasteiger partial charge on any atom is 0.251 e. The van der Waals surface area contributed by atoms with Crippen molar-refractivity contribution in [1.82, 2.24) is 5.32 Å². The van der Waals surface area contributed by atoms with Crippen LogP contribution in [0.3, 0.4) is 0 Å². The summed E-state index contributed by atoms with van der Waals surface area (Å²) in [5, 5.41) is 2.99. The van der Waals surface area contributed by atoms with E-state index in [1.54, 1.807) is 6.08 Å². The van der Waals surface area contributed by atoms with Gasteiger partial charge in [0.25, 0.3) is 5.91 Å². The van der Waals surface area contributed by atoms with Crippen LogP contribution in [0.25, 0.3) is 6.08 Å². The van der Waals surface area contributed by atoms with Crippen LogP contribution in [-0.2, 0) is 4.74 Å². The molecule has 1 atom stereocenters. The van der Waals surface area contributed by atoms with Crippen LogP contribution in [0.15, 0.2) is 24.8 Å².